The zero-order valence-electron chi connectivity index (χ0n) is 16.0. The van der Waals surface area contributed by atoms with Crippen molar-refractivity contribution in [3.63, 3.8) is 0 Å². The van der Waals surface area contributed by atoms with E-state index in [0.717, 1.165) is 0 Å². The molecule has 1 aromatic carbocycles. The Kier molecular flexibility index (Phi) is 11.2. The lowest BCUT2D eigenvalue weighted by Crippen LogP contribution is -2.47. The van der Waals surface area contributed by atoms with E-state index in [9.17, 15) is 4.79 Å². The van der Waals surface area contributed by atoms with Gasteiger partial charge in [0.2, 0.25) is 5.91 Å². The van der Waals surface area contributed by atoms with Crippen molar-refractivity contribution in [3.05, 3.63) is 29.3 Å². The number of carbonyl (C=O) groups is 1. The number of hydrogen-bond donors (Lipinski definition) is 3. The molecule has 0 saturated heterocycles. The maximum Gasteiger partial charge on any atom is 0.227 e. The van der Waals surface area contributed by atoms with Crippen LogP contribution >= 0.6 is 35.7 Å². The van der Waals surface area contributed by atoms with Crippen molar-refractivity contribution in [1.29, 1.82) is 0 Å². The second kappa shape index (κ2) is 11.6. The summed E-state index contributed by atoms with van der Waals surface area (Å²) in [7, 11) is 1.74. The molecule has 142 valence electrons. The van der Waals surface area contributed by atoms with Gasteiger partial charge in [-0.05, 0) is 51.1 Å². The Bertz CT molecular complexity index is 590. The molecular formula is C18H31IN4OS. The average molecular weight is 478 g/mol. The number of hydrogen-bond acceptors (Lipinski definition) is 3. The minimum Gasteiger partial charge on any atom is -0.356 e. The van der Waals surface area contributed by atoms with Gasteiger partial charge >= 0.3 is 0 Å². The van der Waals surface area contributed by atoms with Crippen LogP contribution in [0.5, 0.6) is 0 Å². The third-order valence-electron chi connectivity index (χ3n) is 3.76. The molecule has 0 atom stereocenters. The van der Waals surface area contributed by atoms with Crippen LogP contribution in [-0.4, -0.2) is 38.3 Å². The lowest BCUT2D eigenvalue weighted by Gasteiger charge is -2.25. The summed E-state index contributed by atoms with van der Waals surface area (Å²) < 4.78 is 0. The van der Waals surface area contributed by atoms with E-state index in [4.69, 9.17) is 0 Å². The molecule has 0 saturated carbocycles. The summed E-state index contributed by atoms with van der Waals surface area (Å²) in [6.07, 6.45) is 2.08. The molecule has 1 amide bonds. The Hall–Kier alpha value is -0.960. The van der Waals surface area contributed by atoms with Gasteiger partial charge in [-0.1, -0.05) is 12.1 Å². The summed E-state index contributed by atoms with van der Waals surface area (Å²) in [5.41, 5.74) is 2.00. The Morgan fingerprint density at radius 3 is 2.48 bits per heavy atom. The quantitative estimate of drug-likeness (QED) is 0.244. The van der Waals surface area contributed by atoms with Crippen LogP contribution in [0.2, 0.25) is 0 Å². The van der Waals surface area contributed by atoms with E-state index < -0.39 is 5.41 Å². The molecule has 0 bridgehead atoms. The minimum atomic E-state index is -0.498. The summed E-state index contributed by atoms with van der Waals surface area (Å²) >= 11 is 1.74. The summed E-state index contributed by atoms with van der Waals surface area (Å²) in [5.74, 6) is 0.733. The lowest BCUT2D eigenvalue weighted by atomic mass is 9.92. The van der Waals surface area contributed by atoms with Gasteiger partial charge in [0.15, 0.2) is 5.96 Å². The van der Waals surface area contributed by atoms with E-state index in [1.807, 2.05) is 20.8 Å². The molecule has 25 heavy (non-hydrogen) atoms. The van der Waals surface area contributed by atoms with Gasteiger partial charge < -0.3 is 16.0 Å². The third kappa shape index (κ3) is 7.85. The monoisotopic (exact) mass is 478 g/mol. The highest BCUT2D eigenvalue weighted by Gasteiger charge is 2.27. The van der Waals surface area contributed by atoms with E-state index in [-0.39, 0.29) is 29.9 Å². The van der Waals surface area contributed by atoms with Gasteiger partial charge in [-0.2, -0.15) is 0 Å². The second-order valence-corrected chi connectivity index (χ2v) is 7.19. The number of halogens is 1. The fourth-order valence-corrected chi connectivity index (χ4v) is 2.89. The number of amides is 1. The van der Waals surface area contributed by atoms with Crippen molar-refractivity contribution < 1.29 is 4.79 Å². The molecule has 0 heterocycles. The first-order valence-corrected chi connectivity index (χ1v) is 9.42. The first-order chi connectivity index (χ1) is 11.3. The zero-order chi connectivity index (χ0) is 18.2. The van der Waals surface area contributed by atoms with Crippen LogP contribution in [0.15, 0.2) is 28.1 Å². The lowest BCUT2D eigenvalue weighted by molar-refractivity contribution is -0.128. The van der Waals surface area contributed by atoms with Gasteiger partial charge in [-0.15, -0.1) is 35.7 Å². The molecule has 0 spiro atoms. The normalized spacial score (nSPS) is 11.5. The molecule has 0 aliphatic carbocycles. The fraction of sp³-hybridized carbons (Fsp3) is 0.556. The van der Waals surface area contributed by atoms with E-state index in [0.29, 0.717) is 25.6 Å². The van der Waals surface area contributed by atoms with Crippen LogP contribution in [0.1, 0.15) is 31.9 Å². The number of nitrogens with one attached hydrogen (secondary N) is 3. The minimum absolute atomic E-state index is 0. The summed E-state index contributed by atoms with van der Waals surface area (Å²) in [5, 5.41) is 9.42. The molecule has 7 heteroatoms. The topological polar surface area (TPSA) is 65.5 Å². The van der Waals surface area contributed by atoms with Crippen LogP contribution in [0.3, 0.4) is 0 Å². The Morgan fingerprint density at radius 2 is 1.92 bits per heavy atom. The predicted molar refractivity (Wildman–Crippen MR) is 119 cm³/mol. The number of aryl methyl sites for hydroxylation is 1. The number of guanidine groups is 1. The van der Waals surface area contributed by atoms with Gasteiger partial charge in [0, 0.05) is 31.6 Å². The molecule has 1 aromatic rings. The van der Waals surface area contributed by atoms with E-state index in [1.165, 1.54) is 16.0 Å². The molecule has 0 aliphatic rings. The van der Waals surface area contributed by atoms with Crippen molar-refractivity contribution in [2.75, 3.05) is 26.4 Å². The van der Waals surface area contributed by atoms with Crippen molar-refractivity contribution in [2.45, 2.75) is 39.1 Å². The first kappa shape index (κ1) is 24.0. The smallest absolute Gasteiger partial charge is 0.227 e. The van der Waals surface area contributed by atoms with Crippen LogP contribution in [0.4, 0.5) is 0 Å². The van der Waals surface area contributed by atoms with Crippen molar-refractivity contribution in [2.24, 2.45) is 10.4 Å². The average Bonchev–Trinajstić information content (AvgIpc) is 2.56. The maximum atomic E-state index is 12.0. The van der Waals surface area contributed by atoms with Crippen LogP contribution in [0.25, 0.3) is 0 Å². The molecule has 0 fully saturated rings. The Balaban J connectivity index is 0.00000576. The number of nitrogens with zero attached hydrogens (tertiary/aromatic N) is 1. The molecule has 0 unspecified atom stereocenters. The summed E-state index contributed by atoms with van der Waals surface area (Å²) in [6.45, 7) is 9.71. The SMILES string of the molecule is CCNC(=O)C(C)(C)CNC(=NC)NCc1ccc(C)cc1SC.I. The molecule has 0 aliphatic heterocycles. The van der Waals surface area contributed by atoms with E-state index in [1.54, 1.807) is 18.8 Å². The summed E-state index contributed by atoms with van der Waals surface area (Å²) in [4.78, 5) is 17.6. The van der Waals surface area contributed by atoms with Gasteiger partial charge in [-0.3, -0.25) is 9.79 Å². The van der Waals surface area contributed by atoms with Crippen molar-refractivity contribution in [3.8, 4) is 0 Å². The molecular weight excluding hydrogens is 447 g/mol. The Labute approximate surface area is 173 Å². The molecule has 0 radical (unpaired) electrons. The number of thioether (sulfide) groups is 1. The largest absolute Gasteiger partial charge is 0.356 e. The van der Waals surface area contributed by atoms with Crippen molar-refractivity contribution in [1.82, 2.24) is 16.0 Å². The fourth-order valence-electron chi connectivity index (χ4n) is 2.18. The highest BCUT2D eigenvalue weighted by molar-refractivity contribution is 14.0. The molecule has 0 aromatic heterocycles. The van der Waals surface area contributed by atoms with Crippen LogP contribution in [-0.2, 0) is 11.3 Å². The van der Waals surface area contributed by atoms with Gasteiger partial charge in [0.05, 0.1) is 5.41 Å². The molecule has 1 rings (SSSR count). The highest BCUT2D eigenvalue weighted by atomic mass is 127. The predicted octanol–water partition coefficient (Wildman–Crippen LogP) is 3.16. The van der Waals surface area contributed by atoms with Crippen LogP contribution in [0, 0.1) is 12.3 Å². The number of rotatable bonds is 7. The van der Waals surface area contributed by atoms with Crippen LogP contribution < -0.4 is 16.0 Å². The zero-order valence-corrected chi connectivity index (χ0v) is 19.2. The number of carbonyl (C=O) groups excluding carboxylic acids is 1. The summed E-state index contributed by atoms with van der Waals surface area (Å²) in [6, 6.07) is 6.45. The Morgan fingerprint density at radius 1 is 1.24 bits per heavy atom. The maximum absolute atomic E-state index is 12.0. The molecule has 5 nitrogen and oxygen atoms in total. The number of benzene rings is 1. The van der Waals surface area contributed by atoms with E-state index in [2.05, 4.69) is 52.3 Å². The second-order valence-electron chi connectivity index (χ2n) is 6.34. The van der Waals surface area contributed by atoms with E-state index >= 15 is 0 Å². The first-order valence-electron chi connectivity index (χ1n) is 8.20. The number of aliphatic imine (C=N–C) groups is 1. The van der Waals surface area contributed by atoms with Gasteiger partial charge in [-0.25, -0.2) is 0 Å². The molecule has 3 N–H and O–H groups in total. The standard InChI is InChI=1S/C18H30N4OS.HI/c1-7-20-16(23)18(3,4)12-22-17(19-5)21-11-14-9-8-13(2)10-15(14)24-6;/h8-10H,7,11-12H2,1-6H3,(H,20,23)(H2,19,21,22);1H. The van der Waals surface area contributed by atoms with Crippen molar-refractivity contribution >= 4 is 47.6 Å². The highest BCUT2D eigenvalue weighted by Crippen LogP contribution is 2.21. The third-order valence-corrected chi connectivity index (χ3v) is 4.58. The van der Waals surface area contributed by atoms with Gasteiger partial charge in [0.1, 0.15) is 0 Å². The van der Waals surface area contributed by atoms with Gasteiger partial charge in [0.25, 0.3) is 0 Å².